The van der Waals surface area contributed by atoms with Crippen molar-refractivity contribution < 1.29 is 0 Å². The van der Waals surface area contributed by atoms with Crippen molar-refractivity contribution in [3.8, 4) is 0 Å². The fourth-order valence-electron chi connectivity index (χ4n) is 3.13. The minimum absolute atomic E-state index is 0.480. The lowest BCUT2D eigenvalue weighted by Crippen LogP contribution is -2.29. The average Bonchev–Trinajstić information content (AvgIpc) is 2.99. The molecule has 0 bridgehead atoms. The van der Waals surface area contributed by atoms with Gasteiger partial charge in [-0.3, -0.25) is 4.68 Å². The van der Waals surface area contributed by atoms with Gasteiger partial charge in [0.25, 0.3) is 0 Å². The van der Waals surface area contributed by atoms with Gasteiger partial charge in [0.1, 0.15) is 0 Å². The van der Waals surface area contributed by atoms with Gasteiger partial charge in [-0.1, -0.05) is 38.1 Å². The van der Waals surface area contributed by atoms with Gasteiger partial charge in [0.05, 0.1) is 5.69 Å². The van der Waals surface area contributed by atoms with Crippen LogP contribution in [0.1, 0.15) is 42.1 Å². The highest BCUT2D eigenvalue weighted by molar-refractivity contribution is 5.33. The Morgan fingerprint density at radius 3 is 2.50 bits per heavy atom. The topological polar surface area (TPSA) is 29.9 Å². The van der Waals surface area contributed by atoms with Crippen molar-refractivity contribution in [2.24, 2.45) is 7.05 Å². The van der Waals surface area contributed by atoms with Crippen LogP contribution in [0.3, 0.4) is 0 Å². The van der Waals surface area contributed by atoms with Crippen LogP contribution in [0.25, 0.3) is 0 Å². The molecule has 1 aliphatic carbocycles. The predicted molar refractivity (Wildman–Crippen MR) is 81.8 cm³/mol. The number of nitrogens with zero attached hydrogens (tertiary/aromatic N) is 2. The van der Waals surface area contributed by atoms with Crippen LogP contribution in [0, 0.1) is 0 Å². The number of aryl methyl sites for hydroxylation is 1. The molecule has 2 aromatic rings. The number of hydrogen-bond acceptors (Lipinski definition) is 2. The molecule has 3 nitrogen and oxygen atoms in total. The van der Waals surface area contributed by atoms with E-state index in [1.165, 1.54) is 22.4 Å². The van der Waals surface area contributed by atoms with Crippen molar-refractivity contribution in [2.75, 3.05) is 0 Å². The smallest absolute Gasteiger partial charge is 0.0694 e. The van der Waals surface area contributed by atoms with Crippen LogP contribution < -0.4 is 5.32 Å². The highest BCUT2D eigenvalue weighted by Gasteiger charge is 2.21. The summed E-state index contributed by atoms with van der Waals surface area (Å²) >= 11 is 0. The van der Waals surface area contributed by atoms with Crippen LogP contribution in [0.2, 0.25) is 0 Å². The summed E-state index contributed by atoms with van der Waals surface area (Å²) < 4.78 is 1.93. The van der Waals surface area contributed by atoms with Crippen molar-refractivity contribution in [3.63, 3.8) is 0 Å². The fraction of sp³-hybridized carbons (Fsp3) is 0.471. The summed E-state index contributed by atoms with van der Waals surface area (Å²) in [5, 5.41) is 8.27. The first-order chi connectivity index (χ1) is 9.63. The summed E-state index contributed by atoms with van der Waals surface area (Å²) in [6, 6.07) is 9.34. The number of benzene rings is 1. The third-order valence-corrected chi connectivity index (χ3v) is 4.12. The quantitative estimate of drug-likeness (QED) is 0.925. The maximum absolute atomic E-state index is 4.57. The number of nitrogens with one attached hydrogen (secondary N) is 1. The molecule has 1 heterocycles. The molecule has 20 heavy (non-hydrogen) atoms. The number of aromatic nitrogens is 2. The lowest BCUT2D eigenvalue weighted by atomic mass is 10.1. The predicted octanol–water partition coefficient (Wildman–Crippen LogP) is 2.80. The van der Waals surface area contributed by atoms with Crippen LogP contribution in [-0.2, 0) is 26.4 Å². The minimum Gasteiger partial charge on any atom is -0.309 e. The lowest BCUT2D eigenvalue weighted by Gasteiger charge is -2.12. The summed E-state index contributed by atoms with van der Waals surface area (Å²) in [4.78, 5) is 0. The van der Waals surface area contributed by atoms with E-state index in [0.717, 1.165) is 19.4 Å². The Hall–Kier alpha value is -1.61. The molecule has 0 fully saturated rings. The Bertz CT molecular complexity index is 573. The van der Waals surface area contributed by atoms with Gasteiger partial charge in [0.2, 0.25) is 0 Å². The molecule has 0 aliphatic heterocycles. The fourth-order valence-corrected chi connectivity index (χ4v) is 3.13. The van der Waals surface area contributed by atoms with Crippen LogP contribution in [-0.4, -0.2) is 15.8 Å². The van der Waals surface area contributed by atoms with E-state index in [1.807, 2.05) is 11.7 Å². The van der Waals surface area contributed by atoms with E-state index in [-0.39, 0.29) is 0 Å². The Labute approximate surface area is 121 Å². The molecule has 1 aromatic carbocycles. The zero-order valence-corrected chi connectivity index (χ0v) is 12.6. The second-order valence-electron chi connectivity index (χ2n) is 6.12. The van der Waals surface area contributed by atoms with Crippen molar-refractivity contribution >= 4 is 0 Å². The van der Waals surface area contributed by atoms with Crippen LogP contribution >= 0.6 is 0 Å². The number of fused-ring (bicyclic) bond motifs is 1. The Morgan fingerprint density at radius 1 is 1.25 bits per heavy atom. The van der Waals surface area contributed by atoms with E-state index in [0.29, 0.717) is 12.0 Å². The van der Waals surface area contributed by atoms with Crippen molar-refractivity contribution in [1.82, 2.24) is 15.1 Å². The zero-order chi connectivity index (χ0) is 14.1. The average molecular weight is 269 g/mol. The van der Waals surface area contributed by atoms with Gasteiger partial charge in [-0.15, -0.1) is 0 Å². The molecule has 3 rings (SSSR count). The second kappa shape index (κ2) is 5.41. The van der Waals surface area contributed by atoms with Gasteiger partial charge in [-0.2, -0.15) is 5.10 Å². The Kier molecular flexibility index (Phi) is 3.62. The normalized spacial score (nSPS) is 15.0. The first-order valence-electron chi connectivity index (χ1n) is 7.46. The largest absolute Gasteiger partial charge is 0.309 e. The summed E-state index contributed by atoms with van der Waals surface area (Å²) in [7, 11) is 2.00. The van der Waals surface area contributed by atoms with Gasteiger partial charge in [-0.05, 0) is 29.9 Å². The van der Waals surface area contributed by atoms with Gasteiger partial charge in [0.15, 0.2) is 0 Å². The third kappa shape index (κ3) is 2.63. The van der Waals surface area contributed by atoms with Crippen LogP contribution in [0.4, 0.5) is 0 Å². The van der Waals surface area contributed by atoms with Crippen molar-refractivity contribution in [2.45, 2.75) is 45.2 Å². The van der Waals surface area contributed by atoms with Crippen LogP contribution in [0.15, 0.2) is 30.5 Å². The Balaban J connectivity index is 1.64. The maximum atomic E-state index is 4.57. The molecule has 106 valence electrons. The molecule has 0 atom stereocenters. The molecule has 1 N–H and O–H groups in total. The van der Waals surface area contributed by atoms with Gasteiger partial charge in [0, 0.05) is 31.4 Å². The van der Waals surface area contributed by atoms with Crippen molar-refractivity contribution in [3.05, 3.63) is 52.8 Å². The van der Waals surface area contributed by atoms with Crippen molar-refractivity contribution in [1.29, 1.82) is 0 Å². The first-order valence-corrected chi connectivity index (χ1v) is 7.46. The monoisotopic (exact) mass is 269 g/mol. The van der Waals surface area contributed by atoms with E-state index in [2.05, 4.69) is 54.7 Å². The minimum atomic E-state index is 0.480. The summed E-state index contributed by atoms with van der Waals surface area (Å²) in [5.74, 6) is 0.480. The molecule has 0 amide bonds. The zero-order valence-electron chi connectivity index (χ0n) is 12.6. The molecule has 1 aromatic heterocycles. The maximum Gasteiger partial charge on any atom is 0.0694 e. The standard InChI is InChI=1S/C17H23N3/c1-12(2)17-15(11-20(3)19-17)10-18-16-8-13-6-4-5-7-14(13)9-16/h4-7,11-12,16,18H,8-10H2,1-3H3. The molecule has 3 heteroatoms. The van der Waals surface area contributed by atoms with E-state index >= 15 is 0 Å². The molecule has 1 aliphatic rings. The molecule has 0 unspecified atom stereocenters. The molecular weight excluding hydrogens is 246 g/mol. The first kappa shape index (κ1) is 13.4. The molecule has 0 saturated heterocycles. The molecule has 0 spiro atoms. The summed E-state index contributed by atoms with van der Waals surface area (Å²) in [5.41, 5.74) is 5.55. The highest BCUT2D eigenvalue weighted by Crippen LogP contribution is 2.23. The van der Waals surface area contributed by atoms with E-state index in [1.54, 1.807) is 0 Å². The number of hydrogen-bond donors (Lipinski definition) is 1. The second-order valence-corrected chi connectivity index (χ2v) is 6.12. The molecule has 0 radical (unpaired) electrons. The van der Waals surface area contributed by atoms with Crippen LogP contribution in [0.5, 0.6) is 0 Å². The Morgan fingerprint density at radius 2 is 1.90 bits per heavy atom. The summed E-state index contributed by atoms with van der Waals surface area (Å²) in [6.07, 6.45) is 4.44. The highest BCUT2D eigenvalue weighted by atomic mass is 15.3. The van der Waals surface area contributed by atoms with E-state index in [4.69, 9.17) is 0 Å². The van der Waals surface area contributed by atoms with Gasteiger partial charge < -0.3 is 5.32 Å². The lowest BCUT2D eigenvalue weighted by molar-refractivity contribution is 0.530. The summed E-state index contributed by atoms with van der Waals surface area (Å²) in [6.45, 7) is 5.33. The van der Waals surface area contributed by atoms with Gasteiger partial charge >= 0.3 is 0 Å². The SMILES string of the molecule is CC(C)c1nn(C)cc1CNC1Cc2ccccc2C1. The molecule has 0 saturated carbocycles. The van der Waals surface area contributed by atoms with Gasteiger partial charge in [-0.25, -0.2) is 0 Å². The third-order valence-electron chi connectivity index (χ3n) is 4.12. The van der Waals surface area contributed by atoms with E-state index < -0.39 is 0 Å². The van der Waals surface area contributed by atoms with E-state index in [9.17, 15) is 0 Å². The molecular formula is C17H23N3. The number of rotatable bonds is 4.